The molecule has 3 atom stereocenters. The Bertz CT molecular complexity index is 392. The van der Waals surface area contributed by atoms with Gasteiger partial charge < -0.3 is 9.73 Å². The molecule has 1 N–H and O–H groups in total. The van der Waals surface area contributed by atoms with E-state index in [-0.39, 0.29) is 0 Å². The Labute approximate surface area is 102 Å². The number of nitrogens with zero attached hydrogens (tertiary/aromatic N) is 3. The molecule has 0 aromatic carbocycles. The Morgan fingerprint density at radius 1 is 1.35 bits per heavy atom. The van der Waals surface area contributed by atoms with Crippen LogP contribution in [0.1, 0.15) is 25.6 Å². The summed E-state index contributed by atoms with van der Waals surface area (Å²) in [6.45, 7) is 8.63. The van der Waals surface area contributed by atoms with Crippen LogP contribution in [0.4, 0.5) is 0 Å². The van der Waals surface area contributed by atoms with Crippen molar-refractivity contribution < 1.29 is 4.42 Å². The monoisotopic (exact) mass is 236 g/mol. The fourth-order valence-corrected chi connectivity index (χ4v) is 3.13. The molecule has 2 saturated heterocycles. The summed E-state index contributed by atoms with van der Waals surface area (Å²) in [6.07, 6.45) is 0.817. The molecule has 1 aromatic rings. The van der Waals surface area contributed by atoms with Crippen molar-refractivity contribution in [2.24, 2.45) is 11.8 Å². The van der Waals surface area contributed by atoms with Crippen LogP contribution in [0.2, 0.25) is 0 Å². The van der Waals surface area contributed by atoms with Gasteiger partial charge in [-0.2, -0.15) is 0 Å². The van der Waals surface area contributed by atoms with Gasteiger partial charge in [-0.1, -0.05) is 6.92 Å². The number of hydrogen-bond acceptors (Lipinski definition) is 5. The van der Waals surface area contributed by atoms with Crippen molar-refractivity contribution in [2.45, 2.75) is 32.9 Å². The lowest BCUT2D eigenvalue weighted by Gasteiger charge is -2.22. The van der Waals surface area contributed by atoms with Crippen LogP contribution in [0.25, 0.3) is 0 Å². The van der Waals surface area contributed by atoms with Gasteiger partial charge >= 0.3 is 0 Å². The maximum Gasteiger partial charge on any atom is 0.230 e. The molecule has 94 valence electrons. The number of likely N-dealkylation sites (tertiary alicyclic amines) is 1. The van der Waals surface area contributed by atoms with Crippen molar-refractivity contribution in [3.63, 3.8) is 0 Å². The lowest BCUT2D eigenvalue weighted by molar-refractivity contribution is 0.208. The van der Waals surface area contributed by atoms with Gasteiger partial charge in [0.25, 0.3) is 0 Å². The highest BCUT2D eigenvalue weighted by molar-refractivity contribution is 4.97. The topological polar surface area (TPSA) is 54.2 Å². The number of aromatic nitrogens is 2. The SMILES string of the molecule is CCc1nnc(CN2CC3CNCC3C2C)o1. The summed E-state index contributed by atoms with van der Waals surface area (Å²) in [5.41, 5.74) is 0. The molecule has 0 aliphatic carbocycles. The van der Waals surface area contributed by atoms with E-state index >= 15 is 0 Å². The summed E-state index contributed by atoms with van der Waals surface area (Å²) in [6, 6.07) is 0.618. The highest BCUT2D eigenvalue weighted by atomic mass is 16.4. The fraction of sp³-hybridized carbons (Fsp3) is 0.833. The predicted molar refractivity (Wildman–Crippen MR) is 63.4 cm³/mol. The van der Waals surface area contributed by atoms with Crippen LogP contribution in [0, 0.1) is 11.8 Å². The maximum atomic E-state index is 5.59. The molecule has 2 fully saturated rings. The standard InChI is InChI=1S/C12H20N4O/c1-3-11-14-15-12(17-11)7-16-6-9-4-13-5-10(9)8(16)2/h8-10,13H,3-7H2,1-2H3. The fourth-order valence-electron chi connectivity index (χ4n) is 3.13. The third-order valence-corrected chi connectivity index (χ3v) is 4.21. The summed E-state index contributed by atoms with van der Waals surface area (Å²) in [4.78, 5) is 2.48. The van der Waals surface area contributed by atoms with Crippen LogP contribution in [-0.2, 0) is 13.0 Å². The van der Waals surface area contributed by atoms with E-state index in [1.165, 1.54) is 0 Å². The summed E-state index contributed by atoms with van der Waals surface area (Å²) in [5, 5.41) is 11.6. The first-order valence-electron chi connectivity index (χ1n) is 6.54. The van der Waals surface area contributed by atoms with Crippen molar-refractivity contribution in [3.05, 3.63) is 11.8 Å². The molecule has 5 heteroatoms. The highest BCUT2D eigenvalue weighted by Gasteiger charge is 2.41. The van der Waals surface area contributed by atoms with E-state index in [2.05, 4.69) is 27.3 Å². The molecule has 3 unspecified atom stereocenters. The molecule has 2 aliphatic rings. The van der Waals surface area contributed by atoms with Crippen molar-refractivity contribution >= 4 is 0 Å². The first-order chi connectivity index (χ1) is 8.28. The van der Waals surface area contributed by atoms with E-state index in [0.29, 0.717) is 6.04 Å². The maximum absolute atomic E-state index is 5.59. The zero-order valence-corrected chi connectivity index (χ0v) is 10.5. The minimum Gasteiger partial charge on any atom is -0.424 e. The van der Waals surface area contributed by atoms with Gasteiger partial charge in [0, 0.05) is 19.0 Å². The van der Waals surface area contributed by atoms with E-state index in [1.54, 1.807) is 0 Å². The van der Waals surface area contributed by atoms with Crippen LogP contribution in [0.15, 0.2) is 4.42 Å². The largest absolute Gasteiger partial charge is 0.424 e. The van der Waals surface area contributed by atoms with Crippen LogP contribution in [-0.4, -0.2) is 40.8 Å². The van der Waals surface area contributed by atoms with Gasteiger partial charge in [-0.15, -0.1) is 10.2 Å². The normalized spacial score (nSPS) is 33.2. The van der Waals surface area contributed by atoms with E-state index in [9.17, 15) is 0 Å². The Morgan fingerprint density at radius 3 is 2.88 bits per heavy atom. The Balaban J connectivity index is 1.66. The molecule has 0 spiro atoms. The van der Waals surface area contributed by atoms with Gasteiger partial charge in [-0.3, -0.25) is 4.90 Å². The van der Waals surface area contributed by atoms with Crippen molar-refractivity contribution in [2.75, 3.05) is 19.6 Å². The van der Waals surface area contributed by atoms with Gasteiger partial charge in [0.15, 0.2) is 0 Å². The minimum absolute atomic E-state index is 0.618. The van der Waals surface area contributed by atoms with Crippen LogP contribution >= 0.6 is 0 Å². The van der Waals surface area contributed by atoms with Crippen molar-refractivity contribution in [1.82, 2.24) is 20.4 Å². The number of hydrogen-bond donors (Lipinski definition) is 1. The van der Waals surface area contributed by atoms with Gasteiger partial charge in [-0.25, -0.2) is 0 Å². The molecular weight excluding hydrogens is 216 g/mol. The first kappa shape index (κ1) is 11.2. The van der Waals surface area contributed by atoms with Crippen molar-refractivity contribution in [1.29, 1.82) is 0 Å². The Kier molecular flexibility index (Phi) is 2.88. The van der Waals surface area contributed by atoms with E-state index in [4.69, 9.17) is 4.42 Å². The molecule has 3 rings (SSSR count). The zero-order valence-electron chi connectivity index (χ0n) is 10.5. The van der Waals surface area contributed by atoms with Gasteiger partial charge in [0.1, 0.15) is 0 Å². The number of nitrogens with one attached hydrogen (secondary N) is 1. The molecule has 0 amide bonds. The van der Waals surface area contributed by atoms with Crippen molar-refractivity contribution in [3.8, 4) is 0 Å². The molecule has 2 aliphatic heterocycles. The third kappa shape index (κ3) is 1.98. The highest BCUT2D eigenvalue weighted by Crippen LogP contribution is 2.32. The Morgan fingerprint density at radius 2 is 2.18 bits per heavy atom. The number of aryl methyl sites for hydroxylation is 1. The minimum atomic E-state index is 0.618. The molecule has 0 radical (unpaired) electrons. The molecule has 0 saturated carbocycles. The van der Waals surface area contributed by atoms with E-state index in [1.807, 2.05) is 6.92 Å². The lowest BCUT2D eigenvalue weighted by Crippen LogP contribution is -2.32. The number of fused-ring (bicyclic) bond motifs is 1. The second-order valence-corrected chi connectivity index (χ2v) is 5.20. The lowest BCUT2D eigenvalue weighted by atomic mass is 9.95. The van der Waals surface area contributed by atoms with Crippen LogP contribution in [0.3, 0.4) is 0 Å². The quantitative estimate of drug-likeness (QED) is 0.836. The molecule has 3 heterocycles. The van der Waals surface area contributed by atoms with E-state index < -0.39 is 0 Å². The summed E-state index contributed by atoms with van der Waals surface area (Å²) in [7, 11) is 0. The number of rotatable bonds is 3. The average Bonchev–Trinajstić information content (AvgIpc) is 3.00. The van der Waals surface area contributed by atoms with Gasteiger partial charge in [0.2, 0.25) is 11.8 Å². The third-order valence-electron chi connectivity index (χ3n) is 4.21. The second kappa shape index (κ2) is 4.38. The molecule has 17 heavy (non-hydrogen) atoms. The summed E-state index contributed by atoms with van der Waals surface area (Å²) < 4.78 is 5.59. The molecule has 1 aromatic heterocycles. The molecule has 0 bridgehead atoms. The predicted octanol–water partition coefficient (Wildman–Crippen LogP) is 0.672. The molecular formula is C12H20N4O. The van der Waals surface area contributed by atoms with Crippen LogP contribution < -0.4 is 5.32 Å². The first-order valence-corrected chi connectivity index (χ1v) is 6.54. The van der Waals surface area contributed by atoms with Crippen LogP contribution in [0.5, 0.6) is 0 Å². The molecule has 5 nitrogen and oxygen atoms in total. The second-order valence-electron chi connectivity index (χ2n) is 5.20. The zero-order chi connectivity index (χ0) is 11.8. The smallest absolute Gasteiger partial charge is 0.230 e. The van der Waals surface area contributed by atoms with Gasteiger partial charge in [-0.05, 0) is 31.8 Å². The van der Waals surface area contributed by atoms with E-state index in [0.717, 1.165) is 56.2 Å². The average molecular weight is 236 g/mol. The summed E-state index contributed by atoms with van der Waals surface area (Å²) >= 11 is 0. The Hall–Kier alpha value is -0.940. The summed E-state index contributed by atoms with van der Waals surface area (Å²) in [5.74, 6) is 3.11. The van der Waals surface area contributed by atoms with Gasteiger partial charge in [0.05, 0.1) is 6.54 Å².